The van der Waals surface area contributed by atoms with Crippen LogP contribution in [-0.2, 0) is 22.9 Å². The first-order valence-electron chi connectivity index (χ1n) is 6.87. The minimum Gasteiger partial charge on any atom is -0.320 e. The standard InChI is InChI=1S/C14H22N2O2S/c1-15-9-2-3-10-19(17,18)16-14-8-7-12-5-4-6-13(12)11-14/h7-8,11,15-16H,2-6,9-10H2,1H3. The molecule has 1 aliphatic rings. The third-order valence-electron chi connectivity index (χ3n) is 3.46. The molecule has 0 fully saturated rings. The van der Waals surface area contributed by atoms with Crippen molar-refractivity contribution in [2.45, 2.75) is 32.1 Å². The molecule has 1 aliphatic carbocycles. The highest BCUT2D eigenvalue weighted by Gasteiger charge is 2.14. The van der Waals surface area contributed by atoms with Gasteiger partial charge in [-0.15, -0.1) is 0 Å². The zero-order valence-corrected chi connectivity index (χ0v) is 12.2. The maximum atomic E-state index is 11.9. The number of anilines is 1. The predicted molar refractivity (Wildman–Crippen MR) is 79.0 cm³/mol. The van der Waals surface area contributed by atoms with Crippen molar-refractivity contribution in [1.29, 1.82) is 0 Å². The van der Waals surface area contributed by atoms with Gasteiger partial charge in [-0.05, 0) is 69.0 Å². The molecule has 0 aromatic heterocycles. The molecule has 106 valence electrons. The average molecular weight is 282 g/mol. The van der Waals surface area contributed by atoms with Gasteiger partial charge in [-0.3, -0.25) is 4.72 Å². The molecular weight excluding hydrogens is 260 g/mol. The summed E-state index contributed by atoms with van der Waals surface area (Å²) in [6, 6.07) is 5.89. The molecule has 0 aliphatic heterocycles. The smallest absolute Gasteiger partial charge is 0.232 e. The number of nitrogens with one attached hydrogen (secondary N) is 2. The summed E-state index contributed by atoms with van der Waals surface area (Å²) in [5, 5.41) is 3.02. The summed E-state index contributed by atoms with van der Waals surface area (Å²) in [5.41, 5.74) is 3.35. The Kier molecular flexibility index (Phi) is 4.82. The number of hydrogen-bond donors (Lipinski definition) is 2. The van der Waals surface area contributed by atoms with Crippen molar-refractivity contribution in [3.05, 3.63) is 29.3 Å². The number of unbranched alkanes of at least 4 members (excludes halogenated alkanes) is 1. The number of aryl methyl sites for hydroxylation is 2. The van der Waals surface area contributed by atoms with E-state index in [0.717, 1.165) is 25.8 Å². The summed E-state index contributed by atoms with van der Waals surface area (Å²) < 4.78 is 26.5. The van der Waals surface area contributed by atoms with E-state index in [1.165, 1.54) is 17.5 Å². The van der Waals surface area contributed by atoms with E-state index in [9.17, 15) is 8.42 Å². The van der Waals surface area contributed by atoms with E-state index in [0.29, 0.717) is 12.1 Å². The molecule has 5 heteroatoms. The Morgan fingerprint density at radius 3 is 2.74 bits per heavy atom. The predicted octanol–water partition coefficient (Wildman–Crippen LogP) is 1.92. The van der Waals surface area contributed by atoms with Crippen LogP contribution in [-0.4, -0.2) is 27.8 Å². The fourth-order valence-electron chi connectivity index (χ4n) is 2.46. The molecule has 2 N–H and O–H groups in total. The van der Waals surface area contributed by atoms with Gasteiger partial charge in [0.2, 0.25) is 10.0 Å². The molecule has 0 unspecified atom stereocenters. The minimum atomic E-state index is -3.21. The van der Waals surface area contributed by atoms with E-state index in [1.54, 1.807) is 0 Å². The Hall–Kier alpha value is -1.07. The largest absolute Gasteiger partial charge is 0.320 e. The minimum absolute atomic E-state index is 0.186. The van der Waals surface area contributed by atoms with E-state index in [1.807, 2.05) is 25.2 Å². The van der Waals surface area contributed by atoms with Gasteiger partial charge in [0.25, 0.3) is 0 Å². The number of hydrogen-bond acceptors (Lipinski definition) is 3. The second-order valence-corrected chi connectivity index (χ2v) is 6.91. The molecule has 19 heavy (non-hydrogen) atoms. The Bertz CT molecular complexity index is 526. The lowest BCUT2D eigenvalue weighted by Crippen LogP contribution is -2.18. The van der Waals surface area contributed by atoms with Crippen LogP contribution in [0.3, 0.4) is 0 Å². The van der Waals surface area contributed by atoms with Crippen LogP contribution in [0.15, 0.2) is 18.2 Å². The van der Waals surface area contributed by atoms with Crippen LogP contribution in [0.25, 0.3) is 0 Å². The zero-order chi connectivity index (χ0) is 13.7. The van der Waals surface area contributed by atoms with E-state index in [4.69, 9.17) is 0 Å². The first kappa shape index (κ1) is 14.3. The van der Waals surface area contributed by atoms with Crippen LogP contribution >= 0.6 is 0 Å². The zero-order valence-electron chi connectivity index (χ0n) is 11.4. The lowest BCUT2D eigenvalue weighted by atomic mass is 10.1. The highest BCUT2D eigenvalue weighted by atomic mass is 32.2. The third kappa shape index (κ3) is 4.21. The van der Waals surface area contributed by atoms with Crippen LogP contribution in [0.5, 0.6) is 0 Å². The molecule has 0 heterocycles. The van der Waals surface area contributed by atoms with Gasteiger partial charge < -0.3 is 5.32 Å². The number of sulfonamides is 1. The normalized spacial score (nSPS) is 14.4. The van der Waals surface area contributed by atoms with Crippen LogP contribution in [0.1, 0.15) is 30.4 Å². The number of fused-ring (bicyclic) bond motifs is 1. The second-order valence-electron chi connectivity index (χ2n) is 5.07. The highest BCUT2D eigenvalue weighted by molar-refractivity contribution is 7.92. The molecule has 0 saturated heterocycles. The van der Waals surface area contributed by atoms with Gasteiger partial charge >= 0.3 is 0 Å². The molecule has 0 atom stereocenters. The molecule has 0 saturated carbocycles. The van der Waals surface area contributed by atoms with Gasteiger partial charge in [0.1, 0.15) is 0 Å². The Morgan fingerprint density at radius 2 is 1.95 bits per heavy atom. The molecule has 2 rings (SSSR count). The van der Waals surface area contributed by atoms with Crippen molar-refractivity contribution < 1.29 is 8.42 Å². The van der Waals surface area contributed by atoms with Gasteiger partial charge in [-0.2, -0.15) is 0 Å². The third-order valence-corrected chi connectivity index (χ3v) is 4.83. The van der Waals surface area contributed by atoms with E-state index in [-0.39, 0.29) is 5.75 Å². The first-order chi connectivity index (χ1) is 9.11. The Balaban J connectivity index is 1.92. The molecule has 0 radical (unpaired) electrons. The van der Waals surface area contributed by atoms with Crippen molar-refractivity contribution in [2.75, 3.05) is 24.1 Å². The SMILES string of the molecule is CNCCCCS(=O)(=O)Nc1ccc2c(c1)CCC2. The van der Waals surface area contributed by atoms with E-state index < -0.39 is 10.0 Å². The molecule has 0 amide bonds. The summed E-state index contributed by atoms with van der Waals surface area (Å²) in [6.07, 6.45) is 4.91. The fourth-order valence-corrected chi connectivity index (χ4v) is 3.63. The van der Waals surface area contributed by atoms with Crippen molar-refractivity contribution in [2.24, 2.45) is 0 Å². The van der Waals surface area contributed by atoms with Crippen molar-refractivity contribution in [3.8, 4) is 0 Å². The van der Waals surface area contributed by atoms with Gasteiger partial charge in [0, 0.05) is 5.69 Å². The molecular formula is C14H22N2O2S. The summed E-state index contributed by atoms with van der Waals surface area (Å²) in [4.78, 5) is 0. The van der Waals surface area contributed by atoms with Crippen molar-refractivity contribution in [1.82, 2.24) is 5.32 Å². The summed E-state index contributed by atoms with van der Waals surface area (Å²) in [5.74, 6) is 0.186. The summed E-state index contributed by atoms with van der Waals surface area (Å²) >= 11 is 0. The van der Waals surface area contributed by atoms with Gasteiger partial charge in [0.15, 0.2) is 0 Å². The van der Waals surface area contributed by atoms with Crippen LogP contribution in [0.2, 0.25) is 0 Å². The lowest BCUT2D eigenvalue weighted by Gasteiger charge is -2.09. The highest BCUT2D eigenvalue weighted by Crippen LogP contribution is 2.25. The summed E-state index contributed by atoms with van der Waals surface area (Å²) in [7, 11) is -1.34. The summed E-state index contributed by atoms with van der Waals surface area (Å²) in [6.45, 7) is 0.856. The number of rotatable bonds is 7. The molecule has 1 aromatic rings. The van der Waals surface area contributed by atoms with Gasteiger partial charge in [-0.1, -0.05) is 6.07 Å². The number of benzene rings is 1. The van der Waals surface area contributed by atoms with Crippen LogP contribution in [0, 0.1) is 0 Å². The van der Waals surface area contributed by atoms with Gasteiger partial charge in [-0.25, -0.2) is 8.42 Å². The van der Waals surface area contributed by atoms with Gasteiger partial charge in [0.05, 0.1) is 5.75 Å². The molecule has 0 bridgehead atoms. The second kappa shape index (κ2) is 6.39. The topological polar surface area (TPSA) is 58.2 Å². The monoisotopic (exact) mass is 282 g/mol. The maximum Gasteiger partial charge on any atom is 0.232 e. The molecule has 1 aromatic carbocycles. The Morgan fingerprint density at radius 1 is 1.16 bits per heavy atom. The van der Waals surface area contributed by atoms with Crippen molar-refractivity contribution in [3.63, 3.8) is 0 Å². The van der Waals surface area contributed by atoms with E-state index in [2.05, 4.69) is 10.0 Å². The first-order valence-corrected chi connectivity index (χ1v) is 8.53. The fraction of sp³-hybridized carbons (Fsp3) is 0.571. The van der Waals surface area contributed by atoms with Crippen LogP contribution < -0.4 is 10.0 Å². The van der Waals surface area contributed by atoms with Crippen molar-refractivity contribution >= 4 is 15.7 Å². The maximum absolute atomic E-state index is 11.9. The molecule has 0 spiro atoms. The molecule has 4 nitrogen and oxygen atoms in total. The quantitative estimate of drug-likeness (QED) is 0.751. The average Bonchev–Trinajstić information content (AvgIpc) is 2.81. The van der Waals surface area contributed by atoms with E-state index >= 15 is 0 Å². The lowest BCUT2D eigenvalue weighted by molar-refractivity contribution is 0.595. The Labute approximate surface area is 115 Å². The van der Waals surface area contributed by atoms with Crippen LogP contribution in [0.4, 0.5) is 5.69 Å².